The van der Waals surface area contributed by atoms with Crippen LogP contribution in [0.2, 0.25) is 0 Å². The van der Waals surface area contributed by atoms with E-state index in [0.29, 0.717) is 12.2 Å². The lowest BCUT2D eigenvalue weighted by atomic mass is 10.2. The Morgan fingerprint density at radius 3 is 2.46 bits per heavy atom. The molecule has 0 aromatic carbocycles. The summed E-state index contributed by atoms with van der Waals surface area (Å²) in [7, 11) is -3.44. The maximum absolute atomic E-state index is 10.7. The summed E-state index contributed by atoms with van der Waals surface area (Å²) < 4.78 is 23.5. The molecule has 13 heavy (non-hydrogen) atoms. The summed E-state index contributed by atoms with van der Waals surface area (Å²) in [5.74, 6) is -0.529. The second-order valence-corrected chi connectivity index (χ2v) is 5.33. The highest BCUT2D eigenvalue weighted by Crippen LogP contribution is 2.01. The number of rotatable bonds is 6. The smallest absolute Gasteiger partial charge is 0.321 e. The maximum atomic E-state index is 10.7. The molecule has 5 nitrogen and oxygen atoms in total. The molecule has 7 heteroatoms. The van der Waals surface area contributed by atoms with E-state index in [4.69, 9.17) is 5.11 Å². The normalized spacial score (nSPS) is 14.0. The summed E-state index contributed by atoms with van der Waals surface area (Å²) >= 11 is 1.48. The van der Waals surface area contributed by atoms with Crippen molar-refractivity contribution in [1.82, 2.24) is 4.72 Å². The largest absolute Gasteiger partial charge is 0.480 e. The molecule has 0 saturated heterocycles. The van der Waals surface area contributed by atoms with E-state index in [1.165, 1.54) is 11.8 Å². The topological polar surface area (TPSA) is 83.5 Å². The van der Waals surface area contributed by atoms with Gasteiger partial charge in [-0.05, 0) is 18.4 Å². The number of hydrogen-bond donors (Lipinski definition) is 2. The predicted octanol–water partition coefficient (Wildman–Crippen LogP) is -0.258. The summed E-state index contributed by atoms with van der Waals surface area (Å²) in [5.41, 5.74) is 0. The first-order chi connectivity index (χ1) is 5.87. The SMILES string of the molecule is CSCC[C@H](NS(C)(=O)=O)C(=O)O. The molecule has 0 unspecified atom stereocenters. The van der Waals surface area contributed by atoms with Gasteiger partial charge in [-0.3, -0.25) is 4.79 Å². The third-order valence-corrected chi connectivity index (χ3v) is 2.62. The van der Waals surface area contributed by atoms with Crippen molar-refractivity contribution in [2.45, 2.75) is 12.5 Å². The zero-order chi connectivity index (χ0) is 10.5. The average molecular weight is 227 g/mol. The molecule has 78 valence electrons. The average Bonchev–Trinajstić information content (AvgIpc) is 1.95. The van der Waals surface area contributed by atoms with Crippen molar-refractivity contribution in [1.29, 1.82) is 0 Å². The fourth-order valence-electron chi connectivity index (χ4n) is 0.727. The molecule has 0 heterocycles. The lowest BCUT2D eigenvalue weighted by molar-refractivity contribution is -0.139. The molecule has 0 rings (SSSR count). The lowest BCUT2D eigenvalue weighted by Gasteiger charge is -2.11. The zero-order valence-electron chi connectivity index (χ0n) is 7.48. The number of thioether (sulfide) groups is 1. The van der Waals surface area contributed by atoms with Crippen LogP contribution in [-0.4, -0.2) is 43.8 Å². The van der Waals surface area contributed by atoms with E-state index >= 15 is 0 Å². The van der Waals surface area contributed by atoms with Gasteiger partial charge in [-0.15, -0.1) is 0 Å². The molecule has 1 atom stereocenters. The summed E-state index contributed by atoms with van der Waals surface area (Å²) in [6.07, 6.45) is 3.07. The molecular formula is C6H13NO4S2. The van der Waals surface area contributed by atoms with Gasteiger partial charge in [0.25, 0.3) is 0 Å². The third kappa shape index (κ3) is 6.85. The Balaban J connectivity index is 4.19. The number of aliphatic carboxylic acids is 1. The van der Waals surface area contributed by atoms with E-state index in [0.717, 1.165) is 6.26 Å². The maximum Gasteiger partial charge on any atom is 0.321 e. The molecule has 0 aliphatic carbocycles. The fraction of sp³-hybridized carbons (Fsp3) is 0.833. The summed E-state index contributed by atoms with van der Waals surface area (Å²) in [5, 5.41) is 8.63. The lowest BCUT2D eigenvalue weighted by Crippen LogP contribution is -2.40. The van der Waals surface area contributed by atoms with Crippen LogP contribution in [0, 0.1) is 0 Å². The molecular weight excluding hydrogens is 214 g/mol. The number of nitrogens with one attached hydrogen (secondary N) is 1. The van der Waals surface area contributed by atoms with Crippen LogP contribution in [0.25, 0.3) is 0 Å². The minimum absolute atomic E-state index is 0.295. The van der Waals surface area contributed by atoms with Gasteiger partial charge in [0.05, 0.1) is 6.26 Å². The van der Waals surface area contributed by atoms with Gasteiger partial charge in [0.1, 0.15) is 6.04 Å². The first kappa shape index (κ1) is 12.7. The molecule has 0 aliphatic rings. The van der Waals surface area contributed by atoms with Crippen molar-refractivity contribution in [2.75, 3.05) is 18.3 Å². The van der Waals surface area contributed by atoms with Gasteiger partial charge in [-0.2, -0.15) is 11.8 Å². The molecule has 0 amide bonds. The first-order valence-electron chi connectivity index (χ1n) is 3.56. The Hall–Kier alpha value is -0.270. The van der Waals surface area contributed by atoms with Gasteiger partial charge in [0.2, 0.25) is 10.0 Å². The molecule has 0 aromatic heterocycles. The quantitative estimate of drug-likeness (QED) is 0.653. The van der Waals surface area contributed by atoms with Crippen LogP contribution < -0.4 is 4.72 Å². The van der Waals surface area contributed by atoms with Crippen molar-refractivity contribution < 1.29 is 18.3 Å². The van der Waals surface area contributed by atoms with Crippen LogP contribution >= 0.6 is 11.8 Å². The Kier molecular flexibility index (Phi) is 5.34. The van der Waals surface area contributed by atoms with Crippen molar-refractivity contribution in [2.24, 2.45) is 0 Å². The van der Waals surface area contributed by atoms with Gasteiger partial charge < -0.3 is 5.11 Å². The fourth-order valence-corrected chi connectivity index (χ4v) is 1.93. The molecule has 2 N–H and O–H groups in total. The molecule has 0 aliphatic heterocycles. The number of hydrogen-bond acceptors (Lipinski definition) is 4. The van der Waals surface area contributed by atoms with Gasteiger partial charge in [-0.25, -0.2) is 13.1 Å². The minimum atomic E-state index is -3.44. The van der Waals surface area contributed by atoms with E-state index in [-0.39, 0.29) is 0 Å². The number of sulfonamides is 1. The van der Waals surface area contributed by atoms with Crippen LogP contribution in [0.3, 0.4) is 0 Å². The molecule has 0 bridgehead atoms. The zero-order valence-corrected chi connectivity index (χ0v) is 9.11. The molecule has 0 radical (unpaired) electrons. The Labute approximate surface area is 82.0 Å². The van der Waals surface area contributed by atoms with Crippen LogP contribution in [0.15, 0.2) is 0 Å². The summed E-state index contributed by atoms with van der Waals surface area (Å²) in [6.45, 7) is 0. The van der Waals surface area contributed by atoms with Crippen LogP contribution in [-0.2, 0) is 14.8 Å². The van der Waals surface area contributed by atoms with E-state index in [1.807, 2.05) is 11.0 Å². The standard InChI is InChI=1S/C6H13NO4S2/c1-12-4-3-5(6(8)9)7-13(2,10)11/h5,7H,3-4H2,1-2H3,(H,8,9)/t5-/m0/s1. The molecule has 0 spiro atoms. The van der Waals surface area contributed by atoms with E-state index in [1.54, 1.807) is 0 Å². The second kappa shape index (κ2) is 5.46. The van der Waals surface area contributed by atoms with Crippen molar-refractivity contribution >= 4 is 27.8 Å². The van der Waals surface area contributed by atoms with Gasteiger partial charge >= 0.3 is 5.97 Å². The summed E-state index contributed by atoms with van der Waals surface area (Å²) in [6, 6.07) is -1.01. The highest BCUT2D eigenvalue weighted by molar-refractivity contribution is 7.98. The van der Waals surface area contributed by atoms with Gasteiger partial charge in [0.15, 0.2) is 0 Å². The third-order valence-electron chi connectivity index (χ3n) is 1.27. The van der Waals surface area contributed by atoms with Gasteiger partial charge in [0, 0.05) is 0 Å². The van der Waals surface area contributed by atoms with Crippen LogP contribution in [0.1, 0.15) is 6.42 Å². The van der Waals surface area contributed by atoms with E-state index < -0.39 is 22.0 Å². The Morgan fingerprint density at radius 1 is 1.62 bits per heavy atom. The minimum Gasteiger partial charge on any atom is -0.480 e. The number of carbonyl (C=O) groups is 1. The Bertz CT molecular complexity index is 262. The van der Waals surface area contributed by atoms with E-state index in [2.05, 4.69) is 0 Å². The van der Waals surface area contributed by atoms with Crippen molar-refractivity contribution in [3.05, 3.63) is 0 Å². The van der Waals surface area contributed by atoms with Crippen LogP contribution in [0.5, 0.6) is 0 Å². The molecule has 0 fully saturated rings. The first-order valence-corrected chi connectivity index (χ1v) is 6.84. The van der Waals surface area contributed by atoms with Crippen molar-refractivity contribution in [3.63, 3.8) is 0 Å². The number of carboxylic acid groups (broad SMARTS) is 1. The highest BCUT2D eigenvalue weighted by atomic mass is 32.2. The Morgan fingerprint density at radius 2 is 2.15 bits per heavy atom. The van der Waals surface area contributed by atoms with E-state index in [9.17, 15) is 13.2 Å². The second-order valence-electron chi connectivity index (χ2n) is 2.56. The van der Waals surface area contributed by atoms with Crippen molar-refractivity contribution in [3.8, 4) is 0 Å². The van der Waals surface area contributed by atoms with Gasteiger partial charge in [-0.1, -0.05) is 0 Å². The molecule has 0 saturated carbocycles. The number of carboxylic acids is 1. The predicted molar refractivity (Wildman–Crippen MR) is 52.4 cm³/mol. The summed E-state index contributed by atoms with van der Waals surface area (Å²) in [4.78, 5) is 10.5. The van der Waals surface area contributed by atoms with Crippen LogP contribution in [0.4, 0.5) is 0 Å². The molecule has 0 aromatic rings. The highest BCUT2D eigenvalue weighted by Gasteiger charge is 2.20. The monoisotopic (exact) mass is 227 g/mol.